The van der Waals surface area contributed by atoms with E-state index in [0.29, 0.717) is 23.5 Å². The van der Waals surface area contributed by atoms with Gasteiger partial charge in [0.05, 0.1) is 7.11 Å². The summed E-state index contributed by atoms with van der Waals surface area (Å²) in [6.07, 6.45) is 20.0. The minimum Gasteiger partial charge on any atom is -0.504 e. The van der Waals surface area contributed by atoms with Gasteiger partial charge in [0.25, 0.3) is 0 Å². The van der Waals surface area contributed by atoms with Crippen molar-refractivity contribution in [2.45, 2.75) is 99.0 Å². The van der Waals surface area contributed by atoms with Crippen molar-refractivity contribution in [1.29, 1.82) is 0 Å². The van der Waals surface area contributed by atoms with Crippen LogP contribution in [0.4, 0.5) is 0 Å². The highest BCUT2D eigenvalue weighted by molar-refractivity contribution is 5.87. The Morgan fingerprint density at radius 1 is 1.17 bits per heavy atom. The maximum absolute atomic E-state index is 12.6. The topological polar surface area (TPSA) is 55.8 Å². The molecule has 0 radical (unpaired) electrons. The Hall–Kier alpha value is -2.49. The molecule has 0 spiro atoms. The van der Waals surface area contributed by atoms with E-state index >= 15 is 0 Å². The molecule has 0 saturated heterocycles. The molecular weight excluding hydrogens is 508 g/mol. The van der Waals surface area contributed by atoms with Crippen LogP contribution < -0.4 is 4.74 Å². The number of hydrogen-bond donors (Lipinski definition) is 1. The molecule has 4 heteroatoms. The number of aromatic hydroxyl groups is 1. The molecule has 1 N–H and O–H groups in total. The largest absolute Gasteiger partial charge is 0.504 e. The highest BCUT2D eigenvalue weighted by Gasteiger charge is 2.45. The van der Waals surface area contributed by atoms with Crippen molar-refractivity contribution in [2.24, 2.45) is 46.8 Å². The summed E-state index contributed by atoms with van der Waals surface area (Å²) in [4.78, 5) is 12.6. The number of hydrogen-bond acceptors (Lipinski definition) is 4. The molecule has 0 amide bonds. The number of carbonyl (C=O) groups excluding carboxylic acids is 1. The van der Waals surface area contributed by atoms with E-state index in [0.717, 1.165) is 48.5 Å². The Bertz CT molecular complexity index is 1130. The molecule has 1 aromatic carbocycles. The van der Waals surface area contributed by atoms with Gasteiger partial charge >= 0.3 is 5.97 Å². The predicted molar refractivity (Wildman–Crippen MR) is 169 cm³/mol. The number of rotatable bonds is 10. The van der Waals surface area contributed by atoms with Crippen LogP contribution in [0.15, 0.2) is 48.1 Å². The Balaban J connectivity index is 1.32. The lowest BCUT2D eigenvalue weighted by Gasteiger charge is -2.46. The van der Waals surface area contributed by atoms with E-state index in [-0.39, 0.29) is 23.2 Å². The molecule has 3 aliphatic rings. The first-order chi connectivity index (χ1) is 19.5. The van der Waals surface area contributed by atoms with E-state index in [1.165, 1.54) is 50.9 Å². The monoisotopic (exact) mass is 562 g/mol. The third kappa shape index (κ3) is 7.48. The Morgan fingerprint density at radius 3 is 2.66 bits per heavy atom. The fraction of sp³-hybridized carbons (Fsp3) is 0.649. The van der Waals surface area contributed by atoms with E-state index in [9.17, 15) is 9.90 Å². The average Bonchev–Trinajstić information content (AvgIpc) is 3.33. The second-order valence-corrected chi connectivity index (χ2v) is 13.9. The number of fused-ring (bicyclic) bond motifs is 1. The van der Waals surface area contributed by atoms with Gasteiger partial charge in [0, 0.05) is 12.5 Å². The third-order valence-corrected chi connectivity index (χ3v) is 11.0. The van der Waals surface area contributed by atoms with Crippen molar-refractivity contribution in [2.75, 3.05) is 7.11 Å². The highest BCUT2D eigenvalue weighted by Crippen LogP contribution is 2.55. The fourth-order valence-electron chi connectivity index (χ4n) is 8.27. The fourth-order valence-corrected chi connectivity index (χ4v) is 8.27. The summed E-state index contributed by atoms with van der Waals surface area (Å²) < 4.78 is 11.0. The van der Waals surface area contributed by atoms with Gasteiger partial charge in [-0.25, -0.2) is 4.79 Å². The van der Waals surface area contributed by atoms with E-state index in [4.69, 9.17) is 9.47 Å². The zero-order valence-electron chi connectivity index (χ0n) is 26.6. The van der Waals surface area contributed by atoms with Crippen LogP contribution in [0.2, 0.25) is 0 Å². The van der Waals surface area contributed by atoms with Gasteiger partial charge in [0.1, 0.15) is 6.10 Å². The zero-order valence-corrected chi connectivity index (χ0v) is 26.6. The molecule has 8 atom stereocenters. The standard InChI is InChI=1S/C37H54O4/c1-8-28(24(2)3)12-9-25(4)32-15-16-33(26(32)5)29-13-14-30-22-31(19-20-37(30,6)23-29)41-36(39)18-11-27-10-17-34(38)35(21-27)40-7/h9-12,14,17-18,21,24-26,28-29,31-33,38H,8,13,15-16,19-20,22-23H2,1-7H3/b12-9+,18-11+/t25-,26+,28-,29-,31+,32-,33-,37-/m1/s1. The first kappa shape index (κ1) is 31.4. The zero-order chi connectivity index (χ0) is 29.7. The van der Waals surface area contributed by atoms with Gasteiger partial charge in [0.2, 0.25) is 0 Å². The van der Waals surface area contributed by atoms with Gasteiger partial charge in [-0.2, -0.15) is 0 Å². The predicted octanol–water partition coefficient (Wildman–Crippen LogP) is 9.39. The molecule has 0 heterocycles. The summed E-state index contributed by atoms with van der Waals surface area (Å²) in [7, 11) is 1.51. The van der Waals surface area contributed by atoms with Crippen LogP contribution in [0.5, 0.6) is 11.5 Å². The molecule has 4 rings (SSSR count). The number of phenols is 1. The van der Waals surface area contributed by atoms with E-state index < -0.39 is 0 Å². The molecule has 4 nitrogen and oxygen atoms in total. The lowest BCUT2D eigenvalue weighted by Crippen LogP contribution is -2.38. The van der Waals surface area contributed by atoms with Crippen molar-refractivity contribution in [3.63, 3.8) is 0 Å². The van der Waals surface area contributed by atoms with Crippen LogP contribution in [0.25, 0.3) is 6.08 Å². The number of allylic oxidation sites excluding steroid dienone is 3. The Labute approximate surface area is 249 Å². The van der Waals surface area contributed by atoms with Crippen molar-refractivity contribution in [1.82, 2.24) is 0 Å². The summed E-state index contributed by atoms with van der Waals surface area (Å²) in [6, 6.07) is 5.01. The van der Waals surface area contributed by atoms with Gasteiger partial charge < -0.3 is 14.6 Å². The van der Waals surface area contributed by atoms with Crippen molar-refractivity contribution < 1.29 is 19.4 Å². The maximum Gasteiger partial charge on any atom is 0.331 e. The SMILES string of the molecule is CC[C@H](/C=C/[C@@H](C)[C@H]1CC[C@@H]([C@@H]2CC=C3C[C@@H](OC(=O)/C=C/c4ccc(O)c(OC)c4)CC[C@]3(C)C2)[C@H]1C)C(C)C. The van der Waals surface area contributed by atoms with Gasteiger partial charge in [-0.1, -0.05) is 71.4 Å². The molecular formula is C37H54O4. The molecule has 0 aromatic heterocycles. The van der Waals surface area contributed by atoms with Gasteiger partial charge in [0.15, 0.2) is 11.5 Å². The first-order valence-corrected chi connectivity index (χ1v) is 16.2. The summed E-state index contributed by atoms with van der Waals surface area (Å²) in [6.45, 7) is 14.4. The summed E-state index contributed by atoms with van der Waals surface area (Å²) in [5, 5.41) is 9.78. The average molecular weight is 563 g/mol. The number of benzene rings is 1. The van der Waals surface area contributed by atoms with E-state index in [1.54, 1.807) is 24.3 Å². The Kier molecular flexibility index (Phi) is 10.5. The minimum atomic E-state index is -0.312. The molecule has 2 fully saturated rings. The number of carbonyl (C=O) groups is 1. The highest BCUT2D eigenvalue weighted by atomic mass is 16.5. The molecule has 0 bridgehead atoms. The summed E-state index contributed by atoms with van der Waals surface area (Å²) in [5.41, 5.74) is 2.52. The molecule has 226 valence electrons. The lowest BCUT2D eigenvalue weighted by atomic mass is 9.60. The van der Waals surface area contributed by atoms with Crippen LogP contribution in [-0.2, 0) is 9.53 Å². The normalized spacial score (nSPS) is 31.7. The number of phenolic OH excluding ortho intramolecular Hbond substituents is 1. The number of ether oxygens (including phenoxy) is 2. The maximum atomic E-state index is 12.6. The van der Waals surface area contributed by atoms with Gasteiger partial charge in [-0.05, 0) is 116 Å². The number of esters is 1. The van der Waals surface area contributed by atoms with Crippen LogP contribution in [0.1, 0.15) is 98.5 Å². The molecule has 1 aromatic rings. The van der Waals surface area contributed by atoms with Crippen molar-refractivity contribution in [3.05, 3.63) is 53.6 Å². The summed E-state index contributed by atoms with van der Waals surface area (Å²) in [5.74, 6) is 5.37. The molecule has 41 heavy (non-hydrogen) atoms. The quantitative estimate of drug-likeness (QED) is 0.175. The van der Waals surface area contributed by atoms with Crippen LogP contribution >= 0.6 is 0 Å². The second kappa shape index (κ2) is 13.7. The van der Waals surface area contributed by atoms with Gasteiger partial charge in [-0.15, -0.1) is 0 Å². The van der Waals surface area contributed by atoms with Crippen LogP contribution in [0.3, 0.4) is 0 Å². The first-order valence-electron chi connectivity index (χ1n) is 16.2. The van der Waals surface area contributed by atoms with Crippen LogP contribution in [-0.4, -0.2) is 24.3 Å². The van der Waals surface area contributed by atoms with Crippen molar-refractivity contribution in [3.8, 4) is 11.5 Å². The van der Waals surface area contributed by atoms with Crippen molar-refractivity contribution >= 4 is 12.0 Å². The Morgan fingerprint density at radius 2 is 1.95 bits per heavy atom. The summed E-state index contributed by atoms with van der Waals surface area (Å²) >= 11 is 0. The molecule has 3 aliphatic carbocycles. The van der Waals surface area contributed by atoms with E-state index in [1.807, 2.05) is 0 Å². The second-order valence-electron chi connectivity index (χ2n) is 13.9. The minimum absolute atomic E-state index is 0.0578. The van der Waals surface area contributed by atoms with Crippen LogP contribution in [0, 0.1) is 46.8 Å². The van der Waals surface area contributed by atoms with E-state index in [2.05, 4.69) is 59.8 Å². The third-order valence-electron chi connectivity index (χ3n) is 11.0. The lowest BCUT2D eigenvalue weighted by molar-refractivity contribution is -0.144. The molecule has 2 saturated carbocycles. The number of methoxy groups -OCH3 is 1. The van der Waals surface area contributed by atoms with Gasteiger partial charge in [-0.3, -0.25) is 0 Å². The smallest absolute Gasteiger partial charge is 0.331 e. The molecule has 0 aliphatic heterocycles. The molecule has 0 unspecified atom stereocenters.